The van der Waals surface area contributed by atoms with Gasteiger partial charge in [-0.15, -0.1) is 0 Å². The summed E-state index contributed by atoms with van der Waals surface area (Å²) < 4.78 is 6.52. The van der Waals surface area contributed by atoms with E-state index in [0.29, 0.717) is 12.0 Å². The molecule has 0 saturated carbocycles. The highest BCUT2D eigenvalue weighted by Gasteiger charge is 2.43. The molecule has 0 aliphatic carbocycles. The number of esters is 1. The number of hydrogen-bond acceptors (Lipinski definition) is 2. The van der Waals surface area contributed by atoms with Crippen LogP contribution in [0.2, 0.25) is 0 Å². The van der Waals surface area contributed by atoms with E-state index in [1.165, 1.54) is 10.5 Å². The lowest BCUT2D eigenvalue weighted by atomic mass is 9.77. The van der Waals surface area contributed by atoms with Gasteiger partial charge in [0.25, 0.3) is 0 Å². The average Bonchev–Trinajstić information content (AvgIpc) is 2.76. The van der Waals surface area contributed by atoms with E-state index in [9.17, 15) is 4.79 Å². The Hall–Kier alpha value is -2.91. The lowest BCUT2D eigenvalue weighted by molar-refractivity contribution is -0.863. The summed E-state index contributed by atoms with van der Waals surface area (Å²) in [6.45, 7) is 7.15. The Balaban J connectivity index is 2.09. The second kappa shape index (κ2) is 9.93. The normalized spacial score (nSPS) is 14.1. The summed E-state index contributed by atoms with van der Waals surface area (Å²) in [7, 11) is 4.28. The fraction of sp³-hybridized carbons (Fsp3) is 0.321. The number of benzene rings is 3. The van der Waals surface area contributed by atoms with Crippen molar-refractivity contribution >= 4 is 5.97 Å². The topological polar surface area (TPSA) is 30.7 Å². The van der Waals surface area contributed by atoms with E-state index < -0.39 is 5.60 Å². The number of ether oxygens (including phenoxy) is 1. The second-order valence-corrected chi connectivity index (χ2v) is 8.92. The molecule has 0 aromatic heterocycles. The van der Waals surface area contributed by atoms with E-state index >= 15 is 0 Å². The van der Waals surface area contributed by atoms with Gasteiger partial charge < -0.3 is 9.64 Å². The van der Waals surface area contributed by atoms with Crippen LogP contribution in [0.4, 0.5) is 0 Å². The predicted octanol–water partition coefficient (Wildman–Crippen LogP) is 4.38. The van der Waals surface area contributed by atoms with Crippen LogP contribution in [0.15, 0.2) is 78.9 Å². The van der Waals surface area contributed by atoms with Gasteiger partial charge in [0.05, 0.1) is 26.2 Å². The molecule has 31 heavy (non-hydrogen) atoms. The summed E-state index contributed by atoms with van der Waals surface area (Å²) in [5, 5.41) is 0. The summed E-state index contributed by atoms with van der Waals surface area (Å²) in [5.41, 5.74) is 4.27. The number of quaternary nitrogens is 1. The van der Waals surface area contributed by atoms with Crippen LogP contribution in [0.1, 0.15) is 39.5 Å². The minimum atomic E-state index is -0.768. The Morgan fingerprint density at radius 2 is 1.52 bits per heavy atom. The van der Waals surface area contributed by atoms with E-state index in [-0.39, 0.29) is 11.9 Å². The number of carbonyl (C=O) groups excluding carboxylic acids is 1. The third-order valence-corrected chi connectivity index (χ3v) is 6.10. The fourth-order valence-electron chi connectivity index (χ4n) is 4.25. The van der Waals surface area contributed by atoms with Crippen LogP contribution >= 0.6 is 0 Å². The zero-order chi connectivity index (χ0) is 22.4. The van der Waals surface area contributed by atoms with E-state index in [2.05, 4.69) is 52.2 Å². The monoisotopic (exact) mass is 416 g/mol. The standard InChI is InChI=1S/C28H33NO2/c1-21-16-17-25(18-22(21)2)27(30)31-28(23(3)20-29(4)5,26-14-10-7-11-15-26)19-24-12-8-6-9-13-24/h6-18,23H,19-20H2,1-5H3/p+1/t23-,28+/m0/s1. The van der Waals surface area contributed by atoms with Gasteiger partial charge in [0.15, 0.2) is 0 Å². The molecule has 3 aromatic rings. The van der Waals surface area contributed by atoms with Gasteiger partial charge in [-0.25, -0.2) is 4.79 Å². The van der Waals surface area contributed by atoms with Gasteiger partial charge in [-0.1, -0.05) is 73.7 Å². The lowest BCUT2D eigenvalue weighted by Gasteiger charge is -2.39. The number of aryl methyl sites for hydroxylation is 2. The first kappa shape index (κ1) is 22.8. The molecule has 0 bridgehead atoms. The van der Waals surface area contributed by atoms with E-state index in [4.69, 9.17) is 4.74 Å². The van der Waals surface area contributed by atoms with E-state index in [0.717, 1.165) is 23.2 Å². The van der Waals surface area contributed by atoms with Crippen molar-refractivity contribution in [3.63, 3.8) is 0 Å². The largest absolute Gasteiger partial charge is 0.450 e. The molecule has 2 atom stereocenters. The van der Waals surface area contributed by atoms with Crippen molar-refractivity contribution in [2.75, 3.05) is 20.6 Å². The molecule has 0 aliphatic heterocycles. The molecular formula is C28H34NO2+. The highest BCUT2D eigenvalue weighted by atomic mass is 16.6. The predicted molar refractivity (Wildman–Crippen MR) is 126 cm³/mol. The van der Waals surface area contributed by atoms with Crippen LogP contribution < -0.4 is 4.90 Å². The summed E-state index contributed by atoms with van der Waals surface area (Å²) >= 11 is 0. The quantitative estimate of drug-likeness (QED) is 0.553. The van der Waals surface area contributed by atoms with Crippen molar-refractivity contribution in [3.05, 3.63) is 107 Å². The van der Waals surface area contributed by atoms with Gasteiger partial charge in [0.2, 0.25) is 0 Å². The Morgan fingerprint density at radius 1 is 0.903 bits per heavy atom. The Morgan fingerprint density at radius 3 is 2.10 bits per heavy atom. The maximum absolute atomic E-state index is 13.4. The molecule has 0 amide bonds. The number of hydrogen-bond donors (Lipinski definition) is 1. The van der Waals surface area contributed by atoms with E-state index in [1.54, 1.807) is 0 Å². The minimum absolute atomic E-state index is 0.107. The van der Waals surface area contributed by atoms with Gasteiger partial charge in [0.1, 0.15) is 5.60 Å². The smallest absolute Gasteiger partial charge is 0.339 e. The van der Waals surface area contributed by atoms with Crippen molar-refractivity contribution in [2.24, 2.45) is 5.92 Å². The fourth-order valence-corrected chi connectivity index (χ4v) is 4.25. The summed E-state index contributed by atoms with van der Waals surface area (Å²) in [6.07, 6.45) is 0.628. The number of carbonyl (C=O) groups is 1. The molecule has 0 spiro atoms. The van der Waals surface area contributed by atoms with Gasteiger partial charge in [-0.05, 0) is 48.2 Å². The average molecular weight is 417 g/mol. The molecule has 0 fully saturated rings. The summed E-state index contributed by atoms with van der Waals surface area (Å²) in [6, 6.07) is 26.3. The van der Waals surface area contributed by atoms with Gasteiger partial charge in [-0.3, -0.25) is 0 Å². The van der Waals surface area contributed by atoms with Crippen molar-refractivity contribution in [1.82, 2.24) is 0 Å². The van der Waals surface area contributed by atoms with Gasteiger partial charge >= 0.3 is 5.97 Å². The molecule has 0 heterocycles. The van der Waals surface area contributed by atoms with Crippen molar-refractivity contribution < 1.29 is 14.4 Å². The van der Waals surface area contributed by atoms with E-state index in [1.807, 2.05) is 61.5 Å². The summed E-state index contributed by atoms with van der Waals surface area (Å²) in [5.74, 6) is -0.168. The molecule has 3 aromatic carbocycles. The number of rotatable bonds is 8. The molecule has 0 unspecified atom stereocenters. The third kappa shape index (κ3) is 5.42. The Labute approximate surface area is 186 Å². The molecule has 3 heteroatoms. The molecule has 1 N–H and O–H groups in total. The second-order valence-electron chi connectivity index (χ2n) is 8.92. The van der Waals surface area contributed by atoms with Crippen molar-refractivity contribution in [3.8, 4) is 0 Å². The summed E-state index contributed by atoms with van der Waals surface area (Å²) in [4.78, 5) is 14.8. The lowest BCUT2D eigenvalue weighted by Crippen LogP contribution is -3.06. The highest BCUT2D eigenvalue weighted by molar-refractivity contribution is 5.90. The van der Waals surface area contributed by atoms with Crippen LogP contribution in [0, 0.1) is 19.8 Å². The zero-order valence-electron chi connectivity index (χ0n) is 19.3. The molecule has 0 aliphatic rings. The zero-order valence-corrected chi connectivity index (χ0v) is 19.3. The minimum Gasteiger partial charge on any atom is -0.450 e. The van der Waals surface area contributed by atoms with Crippen molar-refractivity contribution in [2.45, 2.75) is 32.8 Å². The SMILES string of the molecule is Cc1ccc(C(=O)O[C@@](Cc2ccccc2)(c2ccccc2)[C@@H](C)C[NH+](C)C)cc1C. The molecule has 0 saturated heterocycles. The molecule has 3 rings (SSSR count). The highest BCUT2D eigenvalue weighted by Crippen LogP contribution is 2.38. The van der Waals surface area contributed by atoms with Crippen molar-refractivity contribution in [1.29, 1.82) is 0 Å². The molecule has 3 nitrogen and oxygen atoms in total. The van der Waals surface area contributed by atoms with Gasteiger partial charge in [-0.2, -0.15) is 0 Å². The molecular weight excluding hydrogens is 382 g/mol. The van der Waals surface area contributed by atoms with Crippen LogP contribution in [0.25, 0.3) is 0 Å². The van der Waals surface area contributed by atoms with Crippen LogP contribution in [-0.2, 0) is 16.8 Å². The maximum atomic E-state index is 13.4. The van der Waals surface area contributed by atoms with Crippen LogP contribution in [0.5, 0.6) is 0 Å². The first-order chi connectivity index (χ1) is 14.8. The first-order valence-electron chi connectivity index (χ1n) is 11.0. The molecule has 0 radical (unpaired) electrons. The maximum Gasteiger partial charge on any atom is 0.339 e. The molecule has 162 valence electrons. The number of nitrogens with one attached hydrogen (secondary N) is 1. The Kier molecular flexibility index (Phi) is 7.29. The third-order valence-electron chi connectivity index (χ3n) is 6.10. The van der Waals surface area contributed by atoms with Crippen LogP contribution in [-0.4, -0.2) is 26.6 Å². The van der Waals surface area contributed by atoms with Crippen LogP contribution in [0.3, 0.4) is 0 Å². The Bertz CT molecular complexity index is 998. The van der Waals surface area contributed by atoms with Gasteiger partial charge in [0, 0.05) is 12.3 Å². The first-order valence-corrected chi connectivity index (χ1v) is 11.0.